The van der Waals surface area contributed by atoms with Crippen LogP contribution in [0.3, 0.4) is 0 Å². The second kappa shape index (κ2) is 8.47. The van der Waals surface area contributed by atoms with Crippen molar-refractivity contribution in [2.45, 2.75) is 25.7 Å². The van der Waals surface area contributed by atoms with E-state index in [9.17, 15) is 14.9 Å². The van der Waals surface area contributed by atoms with Crippen molar-refractivity contribution in [1.82, 2.24) is 4.98 Å². The van der Waals surface area contributed by atoms with E-state index in [-0.39, 0.29) is 11.7 Å². The molecule has 0 amide bonds. The third kappa shape index (κ3) is 5.12. The maximum Gasteiger partial charge on any atom is 0.311 e. The van der Waals surface area contributed by atoms with Crippen molar-refractivity contribution in [3.63, 3.8) is 0 Å². The predicted octanol–water partition coefficient (Wildman–Crippen LogP) is 2.90. The molecule has 1 aromatic rings. The van der Waals surface area contributed by atoms with Gasteiger partial charge in [0.1, 0.15) is 11.9 Å². The molecule has 1 aromatic heterocycles. The van der Waals surface area contributed by atoms with E-state index in [0.29, 0.717) is 23.1 Å². The van der Waals surface area contributed by atoms with Crippen molar-refractivity contribution < 1.29 is 14.5 Å². The van der Waals surface area contributed by atoms with Gasteiger partial charge in [0.2, 0.25) is 0 Å². The van der Waals surface area contributed by atoms with Crippen molar-refractivity contribution in [1.29, 1.82) is 0 Å². The summed E-state index contributed by atoms with van der Waals surface area (Å²) in [4.78, 5) is 25.1. The van der Waals surface area contributed by atoms with Gasteiger partial charge in [0.05, 0.1) is 16.5 Å². The zero-order chi connectivity index (χ0) is 15.0. The molecule has 1 rings (SSSR count). The van der Waals surface area contributed by atoms with Crippen LogP contribution in [0, 0.1) is 10.1 Å². The van der Waals surface area contributed by atoms with E-state index in [1.165, 1.54) is 19.5 Å². The predicted molar refractivity (Wildman–Crippen MR) is 77.6 cm³/mol. The lowest BCUT2D eigenvalue weighted by molar-refractivity contribution is -0.384. The van der Waals surface area contributed by atoms with E-state index < -0.39 is 4.92 Å². The number of nitrogens with one attached hydrogen (secondary N) is 1. The number of halogens is 1. The van der Waals surface area contributed by atoms with E-state index in [4.69, 9.17) is 0 Å². The zero-order valence-corrected chi connectivity index (χ0v) is 12.7. The van der Waals surface area contributed by atoms with Gasteiger partial charge >= 0.3 is 11.7 Å². The average Bonchev–Trinajstić information content (AvgIpc) is 2.43. The first kappa shape index (κ1) is 16.4. The van der Waals surface area contributed by atoms with Crippen LogP contribution in [0.15, 0.2) is 16.9 Å². The molecule has 0 fully saturated rings. The number of carbonyl (C=O) groups excluding carboxylic acids is 1. The third-order valence-electron chi connectivity index (χ3n) is 2.66. The first-order valence-electron chi connectivity index (χ1n) is 6.15. The number of aromatic nitrogens is 1. The van der Waals surface area contributed by atoms with Gasteiger partial charge in [0, 0.05) is 19.2 Å². The van der Waals surface area contributed by atoms with Crippen molar-refractivity contribution in [3.05, 3.63) is 27.0 Å². The molecule has 0 aliphatic heterocycles. The summed E-state index contributed by atoms with van der Waals surface area (Å²) in [6, 6.07) is 0. The number of hydrogen-bond donors (Lipinski definition) is 1. The Labute approximate surface area is 125 Å². The Kier molecular flexibility index (Phi) is 6.92. The first-order chi connectivity index (χ1) is 9.56. The van der Waals surface area contributed by atoms with Gasteiger partial charge in [-0.25, -0.2) is 0 Å². The SMILES string of the molecule is COC(=O)CCCCCNc1c(Br)cncc1[N+](=O)[O-]. The number of pyridine rings is 1. The summed E-state index contributed by atoms with van der Waals surface area (Å²) in [6.45, 7) is 0.588. The van der Waals surface area contributed by atoms with Gasteiger partial charge in [-0.15, -0.1) is 0 Å². The molecule has 110 valence electrons. The van der Waals surface area contributed by atoms with Gasteiger partial charge in [0.15, 0.2) is 0 Å². The fraction of sp³-hybridized carbons (Fsp3) is 0.500. The van der Waals surface area contributed by atoms with E-state index in [2.05, 4.69) is 31.0 Å². The zero-order valence-electron chi connectivity index (χ0n) is 11.1. The molecular weight excluding hydrogens is 330 g/mol. The molecule has 0 unspecified atom stereocenters. The van der Waals surface area contributed by atoms with Crippen LogP contribution in [-0.4, -0.2) is 29.5 Å². The van der Waals surface area contributed by atoms with Crippen LogP contribution in [0.1, 0.15) is 25.7 Å². The second-order valence-corrected chi connectivity index (χ2v) is 4.94. The molecule has 0 saturated heterocycles. The van der Waals surface area contributed by atoms with Crippen molar-refractivity contribution >= 4 is 33.3 Å². The molecule has 0 radical (unpaired) electrons. The fourth-order valence-electron chi connectivity index (χ4n) is 1.62. The molecule has 0 atom stereocenters. The summed E-state index contributed by atoms with van der Waals surface area (Å²) in [7, 11) is 1.37. The summed E-state index contributed by atoms with van der Waals surface area (Å²) in [5.41, 5.74) is 0.368. The lowest BCUT2D eigenvalue weighted by atomic mass is 10.2. The Bertz CT molecular complexity index is 482. The highest BCUT2D eigenvalue weighted by molar-refractivity contribution is 9.10. The maximum absolute atomic E-state index is 10.9. The van der Waals surface area contributed by atoms with Crippen molar-refractivity contribution in [3.8, 4) is 0 Å². The molecule has 0 bridgehead atoms. The minimum absolute atomic E-state index is 0.0612. The molecule has 1 N–H and O–H groups in total. The number of unbranched alkanes of at least 4 members (excludes halogenated alkanes) is 2. The molecule has 20 heavy (non-hydrogen) atoms. The summed E-state index contributed by atoms with van der Waals surface area (Å²) in [5, 5.41) is 13.9. The number of carbonyl (C=O) groups is 1. The number of methoxy groups -OCH3 is 1. The lowest BCUT2D eigenvalue weighted by Crippen LogP contribution is -2.06. The monoisotopic (exact) mass is 345 g/mol. The van der Waals surface area contributed by atoms with Crippen LogP contribution < -0.4 is 5.32 Å². The van der Waals surface area contributed by atoms with Crippen LogP contribution in [-0.2, 0) is 9.53 Å². The molecule has 1 heterocycles. The van der Waals surface area contributed by atoms with Crippen LogP contribution in [0.2, 0.25) is 0 Å². The normalized spacial score (nSPS) is 10.1. The quantitative estimate of drug-likeness (QED) is 0.337. The van der Waals surface area contributed by atoms with Crippen molar-refractivity contribution in [2.24, 2.45) is 0 Å². The molecular formula is C12H16BrN3O4. The van der Waals surface area contributed by atoms with Gasteiger partial charge in [-0.05, 0) is 28.8 Å². The molecule has 0 spiro atoms. The highest BCUT2D eigenvalue weighted by atomic mass is 79.9. The Hall–Kier alpha value is -1.70. The van der Waals surface area contributed by atoms with Crippen LogP contribution >= 0.6 is 15.9 Å². The van der Waals surface area contributed by atoms with Crippen LogP contribution in [0.4, 0.5) is 11.4 Å². The summed E-state index contributed by atoms with van der Waals surface area (Å²) in [6.07, 6.45) is 5.52. The number of nitro groups is 1. The summed E-state index contributed by atoms with van der Waals surface area (Å²) < 4.78 is 5.10. The van der Waals surface area contributed by atoms with E-state index in [1.54, 1.807) is 0 Å². The standard InChI is InChI=1S/C12H16BrN3O4/c1-20-11(17)5-3-2-4-6-15-12-9(13)7-14-8-10(12)16(18)19/h7-8H,2-6H2,1H3,(H,14,15). The molecule has 0 aliphatic rings. The van der Waals surface area contributed by atoms with Gasteiger partial charge < -0.3 is 10.1 Å². The van der Waals surface area contributed by atoms with Gasteiger partial charge in [0.25, 0.3) is 0 Å². The van der Waals surface area contributed by atoms with Crippen LogP contribution in [0.25, 0.3) is 0 Å². The number of ether oxygens (including phenoxy) is 1. The highest BCUT2D eigenvalue weighted by Crippen LogP contribution is 2.30. The molecule has 0 aromatic carbocycles. The van der Waals surface area contributed by atoms with Gasteiger partial charge in [-0.1, -0.05) is 6.42 Å². The minimum Gasteiger partial charge on any atom is -0.469 e. The summed E-state index contributed by atoms with van der Waals surface area (Å²) in [5.74, 6) is -0.217. The van der Waals surface area contributed by atoms with Gasteiger partial charge in [-0.2, -0.15) is 0 Å². The van der Waals surface area contributed by atoms with E-state index in [1.807, 2.05) is 0 Å². The largest absolute Gasteiger partial charge is 0.469 e. The summed E-state index contributed by atoms with van der Waals surface area (Å²) >= 11 is 3.24. The van der Waals surface area contributed by atoms with E-state index >= 15 is 0 Å². The van der Waals surface area contributed by atoms with Gasteiger partial charge in [-0.3, -0.25) is 19.9 Å². The number of anilines is 1. The topological polar surface area (TPSA) is 94.4 Å². The second-order valence-electron chi connectivity index (χ2n) is 4.09. The Balaban J connectivity index is 2.39. The number of nitrogens with zero attached hydrogens (tertiary/aromatic N) is 2. The fourth-order valence-corrected chi connectivity index (χ4v) is 2.09. The van der Waals surface area contributed by atoms with Crippen LogP contribution in [0.5, 0.6) is 0 Å². The first-order valence-corrected chi connectivity index (χ1v) is 6.94. The molecule has 0 saturated carbocycles. The maximum atomic E-state index is 10.9. The molecule has 7 nitrogen and oxygen atoms in total. The Morgan fingerprint density at radius 1 is 1.45 bits per heavy atom. The Morgan fingerprint density at radius 2 is 2.20 bits per heavy atom. The lowest BCUT2D eigenvalue weighted by Gasteiger charge is -2.08. The number of esters is 1. The van der Waals surface area contributed by atoms with E-state index in [0.717, 1.165) is 19.3 Å². The number of hydrogen-bond acceptors (Lipinski definition) is 6. The molecule has 0 aliphatic carbocycles. The highest BCUT2D eigenvalue weighted by Gasteiger charge is 2.16. The minimum atomic E-state index is -0.475. The number of rotatable bonds is 8. The third-order valence-corrected chi connectivity index (χ3v) is 3.26. The molecule has 8 heteroatoms. The smallest absolute Gasteiger partial charge is 0.311 e. The van der Waals surface area contributed by atoms with Crippen molar-refractivity contribution in [2.75, 3.05) is 19.0 Å². The Morgan fingerprint density at radius 3 is 2.85 bits per heavy atom. The average molecular weight is 346 g/mol.